The summed E-state index contributed by atoms with van der Waals surface area (Å²) in [4.78, 5) is 0. The van der Waals surface area contributed by atoms with Crippen molar-refractivity contribution in [1.29, 1.82) is 0 Å². The predicted octanol–water partition coefficient (Wildman–Crippen LogP) is 4.17. The largest absolute Gasteiger partial charge is 0.0710 e. The van der Waals surface area contributed by atoms with Crippen molar-refractivity contribution in [3.63, 3.8) is 0 Å². The summed E-state index contributed by atoms with van der Waals surface area (Å²) >= 11 is 0. The Morgan fingerprint density at radius 2 is 2.00 bits per heavy atom. The third-order valence-electron chi connectivity index (χ3n) is 4.03. The summed E-state index contributed by atoms with van der Waals surface area (Å²) in [5.74, 6) is 0.854. The SMILES string of the molecule is CCC1=C(C)C(C)(C)C(C)CC1. The maximum atomic E-state index is 2.39. The quantitative estimate of drug-likeness (QED) is 0.513. The Kier molecular flexibility index (Phi) is 2.65. The van der Waals surface area contributed by atoms with E-state index in [0.29, 0.717) is 5.41 Å². The van der Waals surface area contributed by atoms with Gasteiger partial charge in [-0.25, -0.2) is 0 Å². The molecule has 0 aliphatic heterocycles. The fourth-order valence-electron chi connectivity index (χ4n) is 2.21. The molecule has 1 aliphatic carbocycles. The van der Waals surface area contributed by atoms with E-state index < -0.39 is 0 Å². The molecule has 0 spiro atoms. The zero-order chi connectivity index (χ0) is 9.35. The zero-order valence-corrected chi connectivity index (χ0v) is 9.20. The normalized spacial score (nSPS) is 29.2. The highest BCUT2D eigenvalue weighted by Gasteiger charge is 2.32. The van der Waals surface area contributed by atoms with Crippen molar-refractivity contribution in [2.45, 2.75) is 53.9 Å². The summed E-state index contributed by atoms with van der Waals surface area (Å²) in [6.07, 6.45) is 3.97. The standard InChI is InChI=1S/C12H22/c1-6-11-8-7-9(2)12(4,5)10(11)3/h9H,6-8H2,1-5H3. The third kappa shape index (κ3) is 1.44. The van der Waals surface area contributed by atoms with Crippen LogP contribution in [0, 0.1) is 11.3 Å². The van der Waals surface area contributed by atoms with Gasteiger partial charge in [-0.15, -0.1) is 0 Å². The Morgan fingerprint density at radius 1 is 1.42 bits per heavy atom. The van der Waals surface area contributed by atoms with E-state index in [0.717, 1.165) is 5.92 Å². The molecular formula is C12H22. The summed E-state index contributed by atoms with van der Waals surface area (Å²) in [5.41, 5.74) is 3.81. The lowest BCUT2D eigenvalue weighted by molar-refractivity contribution is 0.248. The molecule has 0 N–H and O–H groups in total. The van der Waals surface area contributed by atoms with Crippen LogP contribution in [0.2, 0.25) is 0 Å². The van der Waals surface area contributed by atoms with Crippen LogP contribution in [0.15, 0.2) is 11.1 Å². The molecule has 70 valence electrons. The molecule has 0 nitrogen and oxygen atoms in total. The molecule has 1 rings (SSSR count). The van der Waals surface area contributed by atoms with E-state index in [1.807, 2.05) is 0 Å². The van der Waals surface area contributed by atoms with Crippen molar-refractivity contribution < 1.29 is 0 Å². The topological polar surface area (TPSA) is 0 Å². The second-order valence-corrected chi connectivity index (χ2v) is 4.74. The van der Waals surface area contributed by atoms with Crippen molar-refractivity contribution in [3.8, 4) is 0 Å². The summed E-state index contributed by atoms with van der Waals surface area (Å²) < 4.78 is 0. The first-order valence-electron chi connectivity index (χ1n) is 5.19. The second-order valence-electron chi connectivity index (χ2n) is 4.74. The third-order valence-corrected chi connectivity index (χ3v) is 4.03. The van der Waals surface area contributed by atoms with Crippen LogP contribution in [-0.4, -0.2) is 0 Å². The van der Waals surface area contributed by atoms with Crippen LogP contribution in [0.4, 0.5) is 0 Å². The Hall–Kier alpha value is -0.260. The highest BCUT2D eigenvalue weighted by molar-refractivity contribution is 5.22. The summed E-state index contributed by atoms with van der Waals surface area (Å²) in [6.45, 7) is 11.8. The van der Waals surface area contributed by atoms with Gasteiger partial charge in [-0.2, -0.15) is 0 Å². The van der Waals surface area contributed by atoms with E-state index in [4.69, 9.17) is 0 Å². The minimum Gasteiger partial charge on any atom is -0.0710 e. The van der Waals surface area contributed by atoms with E-state index in [-0.39, 0.29) is 0 Å². The van der Waals surface area contributed by atoms with Gasteiger partial charge >= 0.3 is 0 Å². The lowest BCUT2D eigenvalue weighted by atomic mass is 9.66. The summed E-state index contributed by atoms with van der Waals surface area (Å²) in [6, 6.07) is 0. The van der Waals surface area contributed by atoms with Gasteiger partial charge < -0.3 is 0 Å². The fraction of sp³-hybridized carbons (Fsp3) is 0.833. The molecule has 0 aromatic heterocycles. The summed E-state index contributed by atoms with van der Waals surface area (Å²) in [7, 11) is 0. The minimum absolute atomic E-state index is 0.448. The highest BCUT2D eigenvalue weighted by atomic mass is 14.4. The Bertz CT molecular complexity index is 196. The molecule has 0 saturated carbocycles. The van der Waals surface area contributed by atoms with E-state index in [2.05, 4.69) is 34.6 Å². The first-order valence-corrected chi connectivity index (χ1v) is 5.19. The summed E-state index contributed by atoms with van der Waals surface area (Å²) in [5, 5.41) is 0. The lowest BCUT2D eigenvalue weighted by Crippen LogP contribution is -2.27. The van der Waals surface area contributed by atoms with Gasteiger partial charge in [0.2, 0.25) is 0 Å². The average Bonchev–Trinajstić information content (AvgIpc) is 2.02. The zero-order valence-electron chi connectivity index (χ0n) is 9.20. The maximum absolute atomic E-state index is 2.39. The minimum atomic E-state index is 0.448. The van der Waals surface area contributed by atoms with Gasteiger partial charge in [0.15, 0.2) is 0 Å². The second kappa shape index (κ2) is 3.24. The van der Waals surface area contributed by atoms with E-state index in [9.17, 15) is 0 Å². The monoisotopic (exact) mass is 166 g/mol. The van der Waals surface area contributed by atoms with Crippen molar-refractivity contribution in [1.82, 2.24) is 0 Å². The number of hydrogen-bond donors (Lipinski definition) is 0. The van der Waals surface area contributed by atoms with Gasteiger partial charge in [-0.05, 0) is 37.5 Å². The average molecular weight is 166 g/mol. The molecule has 0 fully saturated rings. The molecule has 0 heterocycles. The molecule has 1 aliphatic rings. The van der Waals surface area contributed by atoms with Gasteiger partial charge in [0.05, 0.1) is 0 Å². The Morgan fingerprint density at radius 3 is 2.50 bits per heavy atom. The van der Waals surface area contributed by atoms with Crippen LogP contribution >= 0.6 is 0 Å². The number of rotatable bonds is 1. The van der Waals surface area contributed by atoms with Gasteiger partial charge in [0.1, 0.15) is 0 Å². The van der Waals surface area contributed by atoms with Crippen LogP contribution in [-0.2, 0) is 0 Å². The van der Waals surface area contributed by atoms with Gasteiger partial charge in [0, 0.05) is 0 Å². The number of allylic oxidation sites excluding steroid dienone is 2. The molecule has 0 aromatic carbocycles. The van der Waals surface area contributed by atoms with Crippen molar-refractivity contribution in [2.75, 3.05) is 0 Å². The molecule has 0 aromatic rings. The van der Waals surface area contributed by atoms with Crippen molar-refractivity contribution in [3.05, 3.63) is 11.1 Å². The molecular weight excluding hydrogens is 144 g/mol. The van der Waals surface area contributed by atoms with E-state index >= 15 is 0 Å². The molecule has 1 unspecified atom stereocenters. The van der Waals surface area contributed by atoms with Gasteiger partial charge in [-0.3, -0.25) is 0 Å². The molecule has 12 heavy (non-hydrogen) atoms. The molecule has 1 atom stereocenters. The van der Waals surface area contributed by atoms with Gasteiger partial charge in [0.25, 0.3) is 0 Å². The molecule has 0 saturated heterocycles. The van der Waals surface area contributed by atoms with Crippen molar-refractivity contribution in [2.24, 2.45) is 11.3 Å². The van der Waals surface area contributed by atoms with Gasteiger partial charge in [-0.1, -0.05) is 38.8 Å². The molecule has 0 radical (unpaired) electrons. The van der Waals surface area contributed by atoms with Crippen LogP contribution < -0.4 is 0 Å². The molecule has 0 heteroatoms. The lowest BCUT2D eigenvalue weighted by Gasteiger charge is -2.39. The van der Waals surface area contributed by atoms with Crippen LogP contribution in [0.1, 0.15) is 53.9 Å². The molecule has 0 bridgehead atoms. The maximum Gasteiger partial charge on any atom is -0.0119 e. The predicted molar refractivity (Wildman–Crippen MR) is 55.2 cm³/mol. The Balaban J connectivity index is 2.98. The van der Waals surface area contributed by atoms with Crippen molar-refractivity contribution >= 4 is 0 Å². The molecule has 0 amide bonds. The van der Waals surface area contributed by atoms with E-state index in [1.54, 1.807) is 11.1 Å². The number of hydrogen-bond acceptors (Lipinski definition) is 0. The highest BCUT2D eigenvalue weighted by Crippen LogP contribution is 2.44. The van der Waals surface area contributed by atoms with Crippen LogP contribution in [0.5, 0.6) is 0 Å². The first-order chi connectivity index (χ1) is 5.50. The van der Waals surface area contributed by atoms with Crippen LogP contribution in [0.25, 0.3) is 0 Å². The smallest absolute Gasteiger partial charge is 0.0119 e. The van der Waals surface area contributed by atoms with E-state index in [1.165, 1.54) is 19.3 Å². The Labute approximate surface area is 77.1 Å². The fourth-order valence-corrected chi connectivity index (χ4v) is 2.21. The van der Waals surface area contributed by atoms with Crippen LogP contribution in [0.3, 0.4) is 0 Å². The first kappa shape index (κ1) is 9.83.